The first-order chi connectivity index (χ1) is 7.47. The van der Waals surface area contributed by atoms with Crippen molar-refractivity contribution in [1.29, 1.82) is 0 Å². The van der Waals surface area contributed by atoms with Gasteiger partial charge in [0.1, 0.15) is 11.4 Å². The lowest BCUT2D eigenvalue weighted by Crippen LogP contribution is -2.35. The highest BCUT2D eigenvalue weighted by atomic mass is 35.6. The maximum Gasteiger partial charge on any atom is 0.226 e. The molecule has 0 saturated carbocycles. The van der Waals surface area contributed by atoms with Crippen molar-refractivity contribution in [2.75, 3.05) is 0 Å². The Bertz CT molecular complexity index is 403. The fraction of sp³-hybridized carbons (Fsp3) is 0.500. The van der Waals surface area contributed by atoms with E-state index in [1.54, 1.807) is 0 Å². The molecule has 0 saturated heterocycles. The molecule has 0 amide bonds. The van der Waals surface area contributed by atoms with Crippen LogP contribution in [0.5, 0.6) is 5.75 Å². The van der Waals surface area contributed by atoms with Crippen LogP contribution in [-0.2, 0) is 0 Å². The highest BCUT2D eigenvalue weighted by molar-refractivity contribution is 6.68. The number of aryl methyl sites for hydroxylation is 1. The van der Waals surface area contributed by atoms with E-state index in [2.05, 4.69) is 4.42 Å². The molecular weight excluding hydrogens is 290 g/mol. The molecule has 0 aliphatic heterocycles. The van der Waals surface area contributed by atoms with Gasteiger partial charge in [0.15, 0.2) is 0 Å². The van der Waals surface area contributed by atoms with Gasteiger partial charge in [-0.3, -0.25) is 4.79 Å². The molecule has 0 radical (unpaired) electrons. The van der Waals surface area contributed by atoms with Crippen molar-refractivity contribution < 1.29 is 14.6 Å². The van der Waals surface area contributed by atoms with Gasteiger partial charge in [-0.25, -0.2) is 0 Å². The minimum Gasteiger partial charge on any atom is -0.502 e. The third-order valence-electron chi connectivity index (χ3n) is 1.72. The fourth-order valence-corrected chi connectivity index (χ4v) is 0.506. The smallest absolute Gasteiger partial charge is 0.226 e. The summed E-state index contributed by atoms with van der Waals surface area (Å²) in [7, 11) is 0. The summed E-state index contributed by atoms with van der Waals surface area (Å²) in [5.74, 6) is -0.0556. The Labute approximate surface area is 114 Å². The molecule has 98 valence electrons. The fourth-order valence-electron chi connectivity index (χ4n) is 0.506. The van der Waals surface area contributed by atoms with Gasteiger partial charge in [0.2, 0.25) is 15.0 Å². The van der Waals surface area contributed by atoms with Crippen molar-refractivity contribution in [3.63, 3.8) is 0 Å². The summed E-state index contributed by atoms with van der Waals surface area (Å²) in [6.07, 6.45) is 1.25. The Morgan fingerprint density at radius 2 is 1.71 bits per heavy atom. The predicted molar refractivity (Wildman–Crippen MR) is 68.0 cm³/mol. The standard InChI is InChI=1S/C6H6O3.C4H7Cl3O/c1-4-6(8)5(7)2-3-9-4;1-3(2,8)4(5,6)7/h2-3,8H,1H3;8H,1-2H3. The largest absolute Gasteiger partial charge is 0.502 e. The molecule has 2 N–H and O–H groups in total. The van der Waals surface area contributed by atoms with Gasteiger partial charge in [-0.2, -0.15) is 0 Å². The van der Waals surface area contributed by atoms with Crippen LogP contribution < -0.4 is 5.43 Å². The molecule has 0 spiro atoms. The van der Waals surface area contributed by atoms with Crippen LogP contribution in [0.4, 0.5) is 0 Å². The molecule has 0 atom stereocenters. The van der Waals surface area contributed by atoms with Crippen molar-refractivity contribution in [1.82, 2.24) is 0 Å². The van der Waals surface area contributed by atoms with Gasteiger partial charge in [0.05, 0.1) is 6.26 Å². The normalized spacial score (nSPS) is 11.7. The number of aromatic hydroxyl groups is 1. The molecule has 17 heavy (non-hydrogen) atoms. The summed E-state index contributed by atoms with van der Waals surface area (Å²) in [4.78, 5) is 10.5. The first-order valence-electron chi connectivity index (χ1n) is 4.53. The first kappa shape index (κ1) is 16.6. The van der Waals surface area contributed by atoms with E-state index >= 15 is 0 Å². The quantitative estimate of drug-likeness (QED) is 0.723. The van der Waals surface area contributed by atoms with Crippen molar-refractivity contribution in [3.8, 4) is 5.75 Å². The minimum atomic E-state index is -1.59. The Morgan fingerprint density at radius 1 is 1.29 bits per heavy atom. The lowest BCUT2D eigenvalue weighted by atomic mass is 10.2. The Balaban J connectivity index is 0.000000304. The Morgan fingerprint density at radius 3 is 1.94 bits per heavy atom. The van der Waals surface area contributed by atoms with E-state index in [0.717, 1.165) is 0 Å². The third-order valence-corrected chi connectivity index (χ3v) is 3.11. The molecule has 0 unspecified atom stereocenters. The van der Waals surface area contributed by atoms with Crippen molar-refractivity contribution in [2.45, 2.75) is 30.2 Å². The highest BCUT2D eigenvalue weighted by Gasteiger charge is 2.38. The second-order valence-electron chi connectivity index (χ2n) is 3.75. The number of rotatable bonds is 0. The molecular formula is C10H13Cl3O4. The van der Waals surface area contributed by atoms with E-state index in [9.17, 15) is 4.79 Å². The third kappa shape index (κ3) is 5.64. The van der Waals surface area contributed by atoms with E-state index in [-0.39, 0.29) is 11.5 Å². The maximum atomic E-state index is 10.5. The number of aliphatic hydroxyl groups is 1. The topological polar surface area (TPSA) is 70.7 Å². The van der Waals surface area contributed by atoms with Crippen molar-refractivity contribution >= 4 is 34.8 Å². The van der Waals surface area contributed by atoms with Gasteiger partial charge in [0.25, 0.3) is 0 Å². The van der Waals surface area contributed by atoms with Crippen LogP contribution in [0, 0.1) is 6.92 Å². The molecule has 7 heteroatoms. The van der Waals surface area contributed by atoms with Gasteiger partial charge in [-0.1, -0.05) is 34.8 Å². The first-order valence-corrected chi connectivity index (χ1v) is 5.66. The monoisotopic (exact) mass is 302 g/mol. The van der Waals surface area contributed by atoms with Crippen LogP contribution in [0.3, 0.4) is 0 Å². The summed E-state index contributed by atoms with van der Waals surface area (Å²) in [5, 5.41) is 17.8. The zero-order valence-corrected chi connectivity index (χ0v) is 11.8. The molecule has 1 aromatic rings. The van der Waals surface area contributed by atoms with Crippen LogP contribution >= 0.6 is 34.8 Å². The highest BCUT2D eigenvalue weighted by Crippen LogP contribution is 2.37. The van der Waals surface area contributed by atoms with E-state index in [1.807, 2.05) is 0 Å². The molecule has 0 aromatic carbocycles. The van der Waals surface area contributed by atoms with Gasteiger partial charge in [-0.15, -0.1) is 0 Å². The average molecular weight is 304 g/mol. The number of alkyl halides is 3. The van der Waals surface area contributed by atoms with Crippen molar-refractivity contribution in [3.05, 3.63) is 28.3 Å². The minimum absolute atomic E-state index is 0.252. The van der Waals surface area contributed by atoms with E-state index < -0.39 is 14.8 Å². The molecule has 0 fully saturated rings. The number of hydrogen-bond donors (Lipinski definition) is 2. The predicted octanol–water partition coefficient (Wildman–Crippen LogP) is 2.78. The van der Waals surface area contributed by atoms with E-state index in [4.69, 9.17) is 45.0 Å². The average Bonchev–Trinajstić information content (AvgIpc) is 2.12. The van der Waals surface area contributed by atoms with Crippen LogP contribution in [0.15, 0.2) is 21.5 Å². The van der Waals surface area contributed by atoms with Crippen LogP contribution in [0.2, 0.25) is 0 Å². The molecule has 0 bridgehead atoms. The van der Waals surface area contributed by atoms with E-state index in [0.29, 0.717) is 0 Å². The SMILES string of the molecule is CC(C)(O)C(Cl)(Cl)Cl.Cc1occc(=O)c1O. The van der Waals surface area contributed by atoms with Gasteiger partial charge in [0, 0.05) is 6.07 Å². The lowest BCUT2D eigenvalue weighted by Gasteiger charge is -2.25. The molecule has 0 aliphatic carbocycles. The molecule has 4 nitrogen and oxygen atoms in total. The molecule has 1 heterocycles. The summed E-state index contributed by atoms with van der Waals surface area (Å²) in [5.41, 5.74) is -1.67. The zero-order valence-electron chi connectivity index (χ0n) is 9.50. The van der Waals surface area contributed by atoms with Crippen LogP contribution in [0.1, 0.15) is 19.6 Å². The Hall–Kier alpha value is -0.420. The van der Waals surface area contributed by atoms with E-state index in [1.165, 1.54) is 33.1 Å². The van der Waals surface area contributed by atoms with Gasteiger partial charge >= 0.3 is 0 Å². The summed E-state index contributed by atoms with van der Waals surface area (Å²) < 4.78 is 3.10. The Kier molecular flexibility index (Phi) is 5.81. The molecule has 1 aromatic heterocycles. The second-order valence-corrected chi connectivity index (χ2v) is 6.03. The maximum absolute atomic E-state index is 10.5. The van der Waals surface area contributed by atoms with Crippen molar-refractivity contribution in [2.24, 2.45) is 0 Å². The lowest BCUT2D eigenvalue weighted by molar-refractivity contribution is 0.0847. The second kappa shape index (κ2) is 5.96. The van der Waals surface area contributed by atoms with Gasteiger partial charge < -0.3 is 14.6 Å². The van der Waals surface area contributed by atoms with Crippen LogP contribution in [-0.4, -0.2) is 19.6 Å². The number of halogens is 3. The van der Waals surface area contributed by atoms with Gasteiger partial charge in [-0.05, 0) is 20.8 Å². The molecule has 1 rings (SSSR count). The summed E-state index contributed by atoms with van der Waals surface area (Å²) in [6, 6.07) is 1.17. The summed E-state index contributed by atoms with van der Waals surface area (Å²) >= 11 is 15.9. The molecule has 0 aliphatic rings. The number of hydrogen-bond acceptors (Lipinski definition) is 4. The van der Waals surface area contributed by atoms with Crippen LogP contribution in [0.25, 0.3) is 0 Å². The summed E-state index contributed by atoms with van der Waals surface area (Å²) in [6.45, 7) is 4.39. The zero-order chi connectivity index (χ0) is 13.9.